The molecule has 1 atom stereocenters. The number of carbonyl (C=O) groups excluding carboxylic acids is 2. The molecule has 5 nitrogen and oxygen atoms in total. The molecule has 0 bridgehead atoms. The lowest BCUT2D eigenvalue weighted by atomic mass is 10.0. The van der Waals surface area contributed by atoms with E-state index in [1.807, 2.05) is 0 Å². The fraction of sp³-hybridized carbons (Fsp3) is 0.810. The van der Waals surface area contributed by atoms with Crippen molar-refractivity contribution in [3.8, 4) is 0 Å². The van der Waals surface area contributed by atoms with Crippen molar-refractivity contribution in [2.24, 2.45) is 0 Å². The second kappa shape index (κ2) is 58.9. The molecule has 396 valence electrons. The number of esters is 2. The Bertz CT molecular complexity index is 1170. The van der Waals surface area contributed by atoms with Crippen molar-refractivity contribution in [1.29, 1.82) is 0 Å². The Morgan fingerprint density at radius 2 is 0.647 bits per heavy atom. The highest BCUT2D eigenvalue weighted by Crippen LogP contribution is 2.16. The molecule has 0 rings (SSSR count). The van der Waals surface area contributed by atoms with Crippen LogP contribution in [0.3, 0.4) is 0 Å². The highest BCUT2D eigenvalue weighted by atomic mass is 16.6. The minimum absolute atomic E-state index is 0.0777. The number of ether oxygens (including phenoxy) is 3. The van der Waals surface area contributed by atoms with Gasteiger partial charge in [-0.15, -0.1) is 0 Å². The molecular weight excluding hydrogens is 837 g/mol. The number of hydrogen-bond acceptors (Lipinski definition) is 5. The van der Waals surface area contributed by atoms with Crippen LogP contribution in [0.2, 0.25) is 0 Å². The van der Waals surface area contributed by atoms with Crippen LogP contribution in [0.1, 0.15) is 303 Å². The van der Waals surface area contributed by atoms with Gasteiger partial charge in [0, 0.05) is 19.4 Å². The first-order valence-corrected chi connectivity index (χ1v) is 29.8. The predicted molar refractivity (Wildman–Crippen MR) is 298 cm³/mol. The van der Waals surface area contributed by atoms with Gasteiger partial charge in [0.1, 0.15) is 6.61 Å². The molecule has 0 fully saturated rings. The van der Waals surface area contributed by atoms with Crippen LogP contribution in [-0.4, -0.2) is 37.9 Å². The Balaban J connectivity index is 4.24. The summed E-state index contributed by atoms with van der Waals surface area (Å²) in [5, 5.41) is 0. The van der Waals surface area contributed by atoms with Crippen molar-refractivity contribution in [2.45, 2.75) is 309 Å². The summed E-state index contributed by atoms with van der Waals surface area (Å²) in [6.45, 7) is 7.75. The highest BCUT2D eigenvalue weighted by molar-refractivity contribution is 5.70. The zero-order valence-corrected chi connectivity index (χ0v) is 45.6. The minimum Gasteiger partial charge on any atom is -0.462 e. The molecule has 0 aliphatic heterocycles. The number of carbonyl (C=O) groups is 2. The molecule has 1 unspecified atom stereocenters. The quantitative estimate of drug-likeness (QED) is 0.0345. The van der Waals surface area contributed by atoms with Gasteiger partial charge in [0.15, 0.2) is 6.10 Å². The van der Waals surface area contributed by atoms with Gasteiger partial charge in [0.05, 0.1) is 6.61 Å². The van der Waals surface area contributed by atoms with Gasteiger partial charge < -0.3 is 14.2 Å². The molecule has 0 saturated heterocycles. The average Bonchev–Trinajstić information content (AvgIpc) is 3.34. The van der Waals surface area contributed by atoms with Crippen LogP contribution < -0.4 is 0 Å². The van der Waals surface area contributed by atoms with Gasteiger partial charge in [-0.05, 0) is 83.5 Å². The average molecular weight is 952 g/mol. The van der Waals surface area contributed by atoms with Crippen molar-refractivity contribution in [3.05, 3.63) is 60.8 Å². The molecule has 0 aromatic heterocycles. The van der Waals surface area contributed by atoms with Crippen LogP contribution in [0, 0.1) is 0 Å². The van der Waals surface area contributed by atoms with Crippen molar-refractivity contribution in [1.82, 2.24) is 0 Å². The zero-order chi connectivity index (χ0) is 49.2. The van der Waals surface area contributed by atoms with E-state index in [9.17, 15) is 9.59 Å². The van der Waals surface area contributed by atoms with E-state index in [4.69, 9.17) is 14.2 Å². The Morgan fingerprint density at radius 1 is 0.324 bits per heavy atom. The maximum Gasteiger partial charge on any atom is 0.306 e. The van der Waals surface area contributed by atoms with E-state index in [2.05, 4.69) is 81.5 Å². The van der Waals surface area contributed by atoms with E-state index in [1.54, 1.807) is 0 Å². The molecule has 0 saturated carbocycles. The topological polar surface area (TPSA) is 61.8 Å². The van der Waals surface area contributed by atoms with Crippen molar-refractivity contribution < 1.29 is 23.8 Å². The summed E-state index contributed by atoms with van der Waals surface area (Å²) in [7, 11) is 0. The van der Waals surface area contributed by atoms with E-state index < -0.39 is 6.10 Å². The van der Waals surface area contributed by atoms with Gasteiger partial charge in [-0.1, -0.05) is 268 Å². The van der Waals surface area contributed by atoms with Crippen molar-refractivity contribution in [2.75, 3.05) is 19.8 Å². The summed E-state index contributed by atoms with van der Waals surface area (Å²) in [6.07, 6.45) is 75.3. The Hall–Kier alpha value is -2.40. The van der Waals surface area contributed by atoms with Gasteiger partial charge in [-0.2, -0.15) is 0 Å². The first-order valence-electron chi connectivity index (χ1n) is 29.8. The number of rotatable bonds is 55. The van der Waals surface area contributed by atoms with E-state index >= 15 is 0 Å². The molecule has 0 aliphatic rings. The van der Waals surface area contributed by atoms with E-state index in [0.29, 0.717) is 19.4 Å². The third-order valence-electron chi connectivity index (χ3n) is 13.0. The molecule has 0 aliphatic carbocycles. The van der Waals surface area contributed by atoms with Crippen LogP contribution >= 0.6 is 0 Å². The van der Waals surface area contributed by atoms with Gasteiger partial charge in [0.25, 0.3) is 0 Å². The summed E-state index contributed by atoms with van der Waals surface area (Å²) in [5.41, 5.74) is 0. The summed E-state index contributed by atoms with van der Waals surface area (Å²) in [6, 6.07) is 0. The maximum absolute atomic E-state index is 12.8. The summed E-state index contributed by atoms with van der Waals surface area (Å²) in [5.74, 6) is -0.405. The van der Waals surface area contributed by atoms with Crippen LogP contribution in [0.5, 0.6) is 0 Å². The minimum atomic E-state index is -0.549. The van der Waals surface area contributed by atoms with Gasteiger partial charge in [-0.3, -0.25) is 9.59 Å². The molecule has 0 spiro atoms. The van der Waals surface area contributed by atoms with E-state index in [-0.39, 0.29) is 25.2 Å². The lowest BCUT2D eigenvalue weighted by molar-refractivity contribution is -0.163. The number of allylic oxidation sites excluding steroid dienone is 10. The Labute approximate surface area is 424 Å². The maximum atomic E-state index is 12.8. The fourth-order valence-corrected chi connectivity index (χ4v) is 8.56. The van der Waals surface area contributed by atoms with E-state index in [0.717, 1.165) is 70.6 Å². The third kappa shape index (κ3) is 56.2. The molecule has 0 aromatic carbocycles. The summed E-state index contributed by atoms with van der Waals surface area (Å²) >= 11 is 0. The van der Waals surface area contributed by atoms with Gasteiger partial charge >= 0.3 is 11.9 Å². The first kappa shape index (κ1) is 65.6. The largest absolute Gasteiger partial charge is 0.462 e. The van der Waals surface area contributed by atoms with Crippen LogP contribution in [0.25, 0.3) is 0 Å². The molecule has 5 heteroatoms. The van der Waals surface area contributed by atoms with Gasteiger partial charge in [-0.25, -0.2) is 0 Å². The van der Waals surface area contributed by atoms with Crippen LogP contribution in [0.4, 0.5) is 0 Å². The summed E-state index contributed by atoms with van der Waals surface area (Å²) < 4.78 is 17.5. The van der Waals surface area contributed by atoms with Crippen LogP contribution in [-0.2, 0) is 23.8 Å². The predicted octanol–water partition coefficient (Wildman–Crippen LogP) is 20.5. The molecule has 0 aromatic rings. The van der Waals surface area contributed by atoms with Crippen molar-refractivity contribution >= 4 is 11.9 Å². The molecule has 68 heavy (non-hydrogen) atoms. The fourth-order valence-electron chi connectivity index (χ4n) is 8.56. The third-order valence-corrected chi connectivity index (χ3v) is 13.0. The number of unbranched alkanes of at least 4 members (excludes halogenated alkanes) is 34. The molecular formula is C63H114O5. The molecule has 0 amide bonds. The van der Waals surface area contributed by atoms with Crippen molar-refractivity contribution in [3.63, 3.8) is 0 Å². The zero-order valence-electron chi connectivity index (χ0n) is 45.6. The normalized spacial score (nSPS) is 12.6. The second-order valence-electron chi connectivity index (χ2n) is 19.9. The lowest BCUT2D eigenvalue weighted by Gasteiger charge is -2.18. The summed E-state index contributed by atoms with van der Waals surface area (Å²) in [4.78, 5) is 25.5. The smallest absolute Gasteiger partial charge is 0.306 e. The monoisotopic (exact) mass is 951 g/mol. The van der Waals surface area contributed by atoms with Crippen LogP contribution in [0.15, 0.2) is 60.8 Å². The van der Waals surface area contributed by atoms with Gasteiger partial charge in [0.2, 0.25) is 0 Å². The molecule has 0 N–H and O–H groups in total. The Morgan fingerprint density at radius 3 is 1.07 bits per heavy atom. The Kier molecular flexibility index (Phi) is 56.8. The number of hydrogen-bond donors (Lipinski definition) is 0. The molecule has 0 heterocycles. The lowest BCUT2D eigenvalue weighted by Crippen LogP contribution is -2.30. The molecule has 0 radical (unpaired) electrons. The highest BCUT2D eigenvalue weighted by Gasteiger charge is 2.17. The van der Waals surface area contributed by atoms with E-state index in [1.165, 1.54) is 199 Å². The SMILES string of the molecule is CCC/C=C\C/C=C\CCCCCCCC(=O)OC(COCCCCCCCCC/C=C\C/C=C\C/C=C\CCCCC)COC(=O)CCCCCCCCCCCCCCCCCCCCC. The first-order chi connectivity index (χ1) is 33.6. The standard InChI is InChI=1S/C63H114O5/c1-4-7-10-13-16-19-22-25-27-29-31-33-35-37-40-43-46-49-52-55-58-66-59-61(68-63(65)57-54-51-48-45-42-38-24-21-18-15-12-9-6-3)60-67-62(64)56-53-50-47-44-41-39-36-34-32-30-28-26-23-20-17-14-11-8-5-2/h12,15-16,19,21,24-25,27,31,33,61H,4-11,13-14,17-18,20,22-23,26,28-30,32,34-60H2,1-3H3/b15-12-,19-16-,24-21-,27-25-,33-31-. The second-order valence-corrected chi connectivity index (χ2v) is 19.9.